The maximum atomic E-state index is 11.3. The lowest BCUT2D eigenvalue weighted by atomic mass is 10.0. The lowest BCUT2D eigenvalue weighted by molar-refractivity contribution is -0.105. The van der Waals surface area contributed by atoms with Gasteiger partial charge in [0.15, 0.2) is 0 Å². The van der Waals surface area contributed by atoms with Gasteiger partial charge in [0.2, 0.25) is 6.41 Å². The number of aromatic hydroxyl groups is 1. The molecule has 0 bridgehead atoms. The molecule has 144 valence electrons. The van der Waals surface area contributed by atoms with Gasteiger partial charge in [0.1, 0.15) is 11.5 Å². The zero-order valence-corrected chi connectivity index (χ0v) is 15.2. The van der Waals surface area contributed by atoms with Crippen molar-refractivity contribution in [1.29, 1.82) is 0 Å². The SMILES string of the molecule is COc1ccc(C[C@@H](C)N(C[C@H](O)c2ccc(O)c(NC=O)c2)N=O)cc1. The molecular formula is C19H23N3O5. The number of phenols is 1. The summed E-state index contributed by atoms with van der Waals surface area (Å²) < 4.78 is 5.12. The first-order valence-corrected chi connectivity index (χ1v) is 8.42. The van der Waals surface area contributed by atoms with E-state index in [2.05, 4.69) is 10.6 Å². The Kier molecular flexibility index (Phi) is 7.13. The van der Waals surface area contributed by atoms with E-state index < -0.39 is 6.10 Å². The van der Waals surface area contributed by atoms with Crippen LogP contribution in [-0.2, 0) is 11.2 Å². The third kappa shape index (κ3) is 5.42. The Morgan fingerprint density at radius 3 is 2.56 bits per heavy atom. The summed E-state index contributed by atoms with van der Waals surface area (Å²) in [6, 6.07) is 11.6. The van der Waals surface area contributed by atoms with Crippen LogP contribution in [0.3, 0.4) is 0 Å². The molecule has 2 aromatic rings. The number of methoxy groups -OCH3 is 1. The molecule has 0 radical (unpaired) electrons. The van der Waals surface area contributed by atoms with E-state index in [0.717, 1.165) is 11.3 Å². The number of anilines is 1. The predicted molar refractivity (Wildman–Crippen MR) is 101 cm³/mol. The van der Waals surface area contributed by atoms with Crippen molar-refractivity contribution in [2.45, 2.75) is 25.5 Å². The van der Waals surface area contributed by atoms with Crippen molar-refractivity contribution in [1.82, 2.24) is 5.01 Å². The van der Waals surface area contributed by atoms with E-state index in [1.165, 1.54) is 23.2 Å². The fourth-order valence-corrected chi connectivity index (χ4v) is 2.72. The minimum absolute atomic E-state index is 0.0217. The Bertz CT molecular complexity index is 766. The molecule has 3 N–H and O–H groups in total. The van der Waals surface area contributed by atoms with Crippen LogP contribution in [0.1, 0.15) is 24.2 Å². The molecule has 27 heavy (non-hydrogen) atoms. The first-order valence-electron chi connectivity index (χ1n) is 8.42. The number of benzene rings is 2. The van der Waals surface area contributed by atoms with Crippen LogP contribution in [0.2, 0.25) is 0 Å². The first kappa shape index (κ1) is 20.2. The molecule has 8 heteroatoms. The van der Waals surface area contributed by atoms with Crippen molar-refractivity contribution < 1.29 is 19.7 Å². The fraction of sp³-hybridized carbons (Fsp3) is 0.316. The molecule has 0 unspecified atom stereocenters. The minimum atomic E-state index is -1.02. The highest BCUT2D eigenvalue weighted by Gasteiger charge is 2.20. The van der Waals surface area contributed by atoms with Gasteiger partial charge in [-0.25, -0.2) is 0 Å². The van der Waals surface area contributed by atoms with Crippen molar-refractivity contribution >= 4 is 12.1 Å². The van der Waals surface area contributed by atoms with Crippen LogP contribution in [0.4, 0.5) is 5.69 Å². The van der Waals surface area contributed by atoms with Gasteiger partial charge in [-0.05, 0) is 48.7 Å². The molecule has 2 atom stereocenters. The van der Waals surface area contributed by atoms with Crippen molar-refractivity contribution in [2.75, 3.05) is 19.0 Å². The van der Waals surface area contributed by atoms with Gasteiger partial charge in [0.05, 0.1) is 36.8 Å². The lowest BCUT2D eigenvalue weighted by Crippen LogP contribution is -2.33. The topological polar surface area (TPSA) is 111 Å². The van der Waals surface area contributed by atoms with E-state index in [-0.39, 0.29) is 24.0 Å². The molecule has 0 heterocycles. The number of ether oxygens (including phenoxy) is 1. The van der Waals surface area contributed by atoms with E-state index in [1.54, 1.807) is 7.11 Å². The van der Waals surface area contributed by atoms with Crippen LogP contribution in [-0.4, -0.2) is 41.3 Å². The fourth-order valence-electron chi connectivity index (χ4n) is 2.72. The van der Waals surface area contributed by atoms with Crippen molar-refractivity contribution in [3.8, 4) is 11.5 Å². The number of aliphatic hydroxyl groups excluding tert-OH is 1. The Balaban J connectivity index is 2.04. The van der Waals surface area contributed by atoms with Gasteiger partial charge in [0.25, 0.3) is 0 Å². The van der Waals surface area contributed by atoms with Gasteiger partial charge in [0, 0.05) is 0 Å². The summed E-state index contributed by atoms with van der Waals surface area (Å²) in [7, 11) is 1.59. The first-order chi connectivity index (χ1) is 13.0. The highest BCUT2D eigenvalue weighted by molar-refractivity contribution is 5.75. The van der Waals surface area contributed by atoms with Crippen LogP contribution in [0.15, 0.2) is 47.8 Å². The standard InChI is InChI=1S/C19H23N3O5/c1-13(9-14-3-6-16(27-2)7-4-14)22(21-26)11-19(25)15-5-8-18(24)17(10-15)20-12-23/h3-8,10,12-13,19,24-25H,9,11H2,1-2H3,(H,20,23)/t13-,19+/m1/s1. The van der Waals surface area contributed by atoms with Gasteiger partial charge in [-0.3, -0.25) is 9.80 Å². The number of hydrogen-bond acceptors (Lipinski definition) is 6. The van der Waals surface area contributed by atoms with E-state index in [9.17, 15) is 19.9 Å². The molecule has 0 aliphatic carbocycles. The number of aliphatic hydroxyl groups is 1. The van der Waals surface area contributed by atoms with Crippen molar-refractivity contribution in [2.24, 2.45) is 5.29 Å². The van der Waals surface area contributed by atoms with Crippen LogP contribution < -0.4 is 10.1 Å². The largest absolute Gasteiger partial charge is 0.506 e. The van der Waals surface area contributed by atoms with Gasteiger partial charge in [-0.1, -0.05) is 18.2 Å². The van der Waals surface area contributed by atoms with E-state index in [4.69, 9.17) is 4.74 Å². The molecule has 2 rings (SSSR count). The lowest BCUT2D eigenvalue weighted by Gasteiger charge is -2.26. The van der Waals surface area contributed by atoms with Gasteiger partial charge < -0.3 is 20.3 Å². The third-order valence-corrected chi connectivity index (χ3v) is 4.28. The average Bonchev–Trinajstić information content (AvgIpc) is 2.68. The van der Waals surface area contributed by atoms with Crippen LogP contribution in [0.25, 0.3) is 0 Å². The normalized spacial score (nSPS) is 12.7. The monoisotopic (exact) mass is 373 g/mol. The number of nitroso groups, excluding NO2 is 1. The summed E-state index contributed by atoms with van der Waals surface area (Å²) in [5.74, 6) is 0.635. The smallest absolute Gasteiger partial charge is 0.211 e. The minimum Gasteiger partial charge on any atom is -0.506 e. The summed E-state index contributed by atoms with van der Waals surface area (Å²) in [5, 5.41) is 26.8. The summed E-state index contributed by atoms with van der Waals surface area (Å²) in [4.78, 5) is 21.9. The van der Waals surface area contributed by atoms with Gasteiger partial charge in [-0.15, -0.1) is 4.91 Å². The molecule has 1 amide bonds. The number of nitrogens with zero attached hydrogens (tertiary/aromatic N) is 2. The maximum Gasteiger partial charge on any atom is 0.211 e. The molecule has 0 saturated heterocycles. The number of nitrogens with one attached hydrogen (secondary N) is 1. The Morgan fingerprint density at radius 1 is 1.26 bits per heavy atom. The molecule has 2 aromatic carbocycles. The maximum absolute atomic E-state index is 11.3. The van der Waals surface area contributed by atoms with E-state index >= 15 is 0 Å². The summed E-state index contributed by atoms with van der Waals surface area (Å²) in [6.45, 7) is 1.82. The van der Waals surface area contributed by atoms with Gasteiger partial charge >= 0.3 is 0 Å². The van der Waals surface area contributed by atoms with E-state index in [1.807, 2.05) is 31.2 Å². The number of carbonyl (C=O) groups is 1. The van der Waals surface area contributed by atoms with Crippen molar-refractivity contribution in [3.05, 3.63) is 58.5 Å². The Morgan fingerprint density at radius 2 is 1.96 bits per heavy atom. The molecule has 0 fully saturated rings. The number of carbonyl (C=O) groups excluding carboxylic acids is 1. The highest BCUT2D eigenvalue weighted by atomic mass is 16.5. The zero-order valence-electron chi connectivity index (χ0n) is 15.2. The van der Waals surface area contributed by atoms with E-state index in [0.29, 0.717) is 18.4 Å². The van der Waals surface area contributed by atoms with Crippen LogP contribution in [0, 0.1) is 4.91 Å². The zero-order chi connectivity index (χ0) is 19.8. The second-order valence-corrected chi connectivity index (χ2v) is 6.16. The van der Waals surface area contributed by atoms with Crippen LogP contribution >= 0.6 is 0 Å². The van der Waals surface area contributed by atoms with Crippen molar-refractivity contribution in [3.63, 3.8) is 0 Å². The number of hydrogen-bond donors (Lipinski definition) is 3. The summed E-state index contributed by atoms with van der Waals surface area (Å²) in [5.41, 5.74) is 1.63. The number of amides is 1. The third-order valence-electron chi connectivity index (χ3n) is 4.28. The molecule has 0 saturated carbocycles. The van der Waals surface area contributed by atoms with Gasteiger partial charge in [-0.2, -0.15) is 0 Å². The second kappa shape index (κ2) is 9.54. The summed E-state index contributed by atoms with van der Waals surface area (Å²) >= 11 is 0. The molecule has 0 spiro atoms. The molecule has 0 aliphatic rings. The molecule has 8 nitrogen and oxygen atoms in total. The predicted octanol–water partition coefficient (Wildman–Crippen LogP) is 2.62. The molecular weight excluding hydrogens is 350 g/mol. The quantitative estimate of drug-likeness (QED) is 0.255. The summed E-state index contributed by atoms with van der Waals surface area (Å²) in [6.07, 6.45) is -0.0222. The second-order valence-electron chi connectivity index (χ2n) is 6.16. The number of phenolic OH excluding ortho intramolecular Hbond substituents is 1. The highest BCUT2D eigenvalue weighted by Crippen LogP contribution is 2.27. The van der Waals surface area contributed by atoms with Crippen LogP contribution in [0.5, 0.6) is 11.5 Å². The number of rotatable bonds is 10. The Labute approximate surface area is 157 Å². The molecule has 0 aliphatic heterocycles. The Hall–Kier alpha value is -3.13. The average molecular weight is 373 g/mol. The molecule has 0 aromatic heterocycles.